The molecule has 1 aliphatic heterocycles. The monoisotopic (exact) mass is 340 g/mol. The van der Waals surface area contributed by atoms with Crippen molar-refractivity contribution in [3.05, 3.63) is 24.3 Å². The van der Waals surface area contributed by atoms with E-state index in [0.29, 0.717) is 43.0 Å². The largest absolute Gasteiger partial charge is 0.326 e. The molecule has 3 aliphatic rings. The zero-order valence-corrected chi connectivity index (χ0v) is 14.4. The molecule has 0 aromatic heterocycles. The highest BCUT2D eigenvalue weighted by molar-refractivity contribution is 6.16. The first kappa shape index (κ1) is 16.3. The first-order valence-corrected chi connectivity index (χ1v) is 9.36. The second-order valence-electron chi connectivity index (χ2n) is 7.71. The maximum atomic E-state index is 12.3. The van der Waals surface area contributed by atoms with Gasteiger partial charge in [-0.3, -0.25) is 19.3 Å². The maximum absolute atomic E-state index is 12.3. The molecule has 3 fully saturated rings. The van der Waals surface area contributed by atoms with Crippen molar-refractivity contribution in [1.29, 1.82) is 0 Å². The molecule has 1 N–H and O–H groups in total. The maximum Gasteiger partial charge on any atom is 0.233 e. The van der Waals surface area contributed by atoms with Crippen molar-refractivity contribution in [3.63, 3.8) is 0 Å². The molecule has 25 heavy (non-hydrogen) atoms. The third kappa shape index (κ3) is 3.32. The second-order valence-corrected chi connectivity index (χ2v) is 7.71. The van der Waals surface area contributed by atoms with Crippen molar-refractivity contribution >= 4 is 29.1 Å². The highest BCUT2D eigenvalue weighted by atomic mass is 16.2. The molecule has 1 saturated heterocycles. The van der Waals surface area contributed by atoms with Crippen LogP contribution in [0.1, 0.15) is 51.4 Å². The summed E-state index contributed by atoms with van der Waals surface area (Å²) in [6.45, 7) is 0. The van der Waals surface area contributed by atoms with Crippen LogP contribution in [-0.4, -0.2) is 17.7 Å². The quantitative estimate of drug-likeness (QED) is 0.853. The summed E-state index contributed by atoms with van der Waals surface area (Å²) in [4.78, 5) is 37.5. The predicted molar refractivity (Wildman–Crippen MR) is 95.0 cm³/mol. The SMILES string of the molecule is O=C(C[C@H]1C[C@H]2CC[C@H]1C2)Nc1ccc(N2C(=O)CCCC2=O)cc1. The highest BCUT2D eigenvalue weighted by Crippen LogP contribution is 2.49. The van der Waals surface area contributed by atoms with Crippen molar-refractivity contribution in [2.75, 3.05) is 10.2 Å². The van der Waals surface area contributed by atoms with Gasteiger partial charge in [0, 0.05) is 24.9 Å². The Morgan fingerprint density at radius 1 is 1.04 bits per heavy atom. The van der Waals surface area contributed by atoms with Crippen LogP contribution in [0.3, 0.4) is 0 Å². The first-order valence-electron chi connectivity index (χ1n) is 9.36. The standard InChI is InChI=1S/C20H24N2O3/c23-18(12-15-11-13-4-5-14(15)10-13)21-16-6-8-17(9-7-16)22-19(24)2-1-3-20(22)25/h6-9,13-15H,1-5,10-12H2,(H,21,23)/t13-,14-,15+/m0/s1. The number of carbonyl (C=O) groups excluding carboxylic acids is 3. The first-order chi connectivity index (χ1) is 12.1. The van der Waals surface area contributed by atoms with E-state index < -0.39 is 0 Å². The number of anilines is 2. The highest BCUT2D eigenvalue weighted by Gasteiger charge is 2.40. The summed E-state index contributed by atoms with van der Waals surface area (Å²) in [6.07, 6.45) is 7.20. The molecule has 0 unspecified atom stereocenters. The number of hydrogen-bond donors (Lipinski definition) is 1. The molecule has 2 saturated carbocycles. The van der Waals surface area contributed by atoms with Crippen molar-refractivity contribution in [3.8, 4) is 0 Å². The fraction of sp³-hybridized carbons (Fsp3) is 0.550. The Morgan fingerprint density at radius 2 is 1.76 bits per heavy atom. The van der Waals surface area contributed by atoms with Gasteiger partial charge in [-0.1, -0.05) is 6.42 Å². The minimum atomic E-state index is -0.149. The van der Waals surface area contributed by atoms with Crippen molar-refractivity contribution in [2.45, 2.75) is 51.4 Å². The van der Waals surface area contributed by atoms with Crippen LogP contribution in [0.2, 0.25) is 0 Å². The van der Waals surface area contributed by atoms with E-state index in [1.54, 1.807) is 24.3 Å². The number of amides is 3. The minimum absolute atomic E-state index is 0.0652. The van der Waals surface area contributed by atoms with Gasteiger partial charge in [0.05, 0.1) is 5.69 Å². The van der Waals surface area contributed by atoms with Gasteiger partial charge in [-0.2, -0.15) is 0 Å². The van der Waals surface area contributed by atoms with E-state index in [0.717, 1.165) is 11.8 Å². The number of nitrogens with one attached hydrogen (secondary N) is 1. The Hall–Kier alpha value is -2.17. The van der Waals surface area contributed by atoms with Gasteiger partial charge in [-0.05, 0) is 67.7 Å². The van der Waals surface area contributed by atoms with Gasteiger partial charge in [-0.15, -0.1) is 0 Å². The zero-order chi connectivity index (χ0) is 17.4. The molecule has 1 aromatic carbocycles. The third-order valence-electron chi connectivity index (χ3n) is 6.02. The molecule has 3 atom stereocenters. The summed E-state index contributed by atoms with van der Waals surface area (Å²) < 4.78 is 0. The van der Waals surface area contributed by atoms with Crippen LogP contribution in [0.25, 0.3) is 0 Å². The van der Waals surface area contributed by atoms with E-state index in [1.165, 1.54) is 30.6 Å². The Kier molecular flexibility index (Phi) is 4.32. The van der Waals surface area contributed by atoms with Crippen molar-refractivity contribution in [2.24, 2.45) is 17.8 Å². The molecule has 0 spiro atoms. The average molecular weight is 340 g/mol. The number of imide groups is 1. The van der Waals surface area contributed by atoms with Crippen LogP contribution < -0.4 is 10.2 Å². The molecule has 2 aliphatic carbocycles. The molecule has 3 amide bonds. The number of benzene rings is 1. The summed E-state index contributed by atoms with van der Waals surface area (Å²) in [5.41, 5.74) is 1.30. The van der Waals surface area contributed by atoms with Crippen LogP contribution in [0.5, 0.6) is 0 Å². The number of carbonyl (C=O) groups is 3. The number of hydrogen-bond acceptors (Lipinski definition) is 3. The summed E-state index contributed by atoms with van der Waals surface area (Å²) in [5, 5.41) is 2.95. The van der Waals surface area contributed by atoms with Crippen molar-refractivity contribution < 1.29 is 14.4 Å². The zero-order valence-electron chi connectivity index (χ0n) is 14.4. The van der Waals surface area contributed by atoms with Crippen molar-refractivity contribution in [1.82, 2.24) is 0 Å². The number of rotatable bonds is 4. The Morgan fingerprint density at radius 3 is 2.36 bits per heavy atom. The fourth-order valence-corrected chi connectivity index (χ4v) is 4.81. The van der Waals surface area contributed by atoms with Gasteiger partial charge in [0.15, 0.2) is 0 Å². The predicted octanol–water partition coefficient (Wildman–Crippen LogP) is 3.49. The van der Waals surface area contributed by atoms with E-state index >= 15 is 0 Å². The van der Waals surface area contributed by atoms with Gasteiger partial charge in [0.25, 0.3) is 0 Å². The number of piperidine rings is 1. The lowest BCUT2D eigenvalue weighted by molar-refractivity contribution is -0.129. The average Bonchev–Trinajstić information content (AvgIpc) is 3.19. The van der Waals surface area contributed by atoms with E-state index in [4.69, 9.17) is 0 Å². The lowest BCUT2D eigenvalue weighted by atomic mass is 9.86. The normalized spacial score (nSPS) is 28.5. The molecule has 1 heterocycles. The van der Waals surface area contributed by atoms with Crippen LogP contribution in [0.4, 0.5) is 11.4 Å². The molecular weight excluding hydrogens is 316 g/mol. The smallest absolute Gasteiger partial charge is 0.233 e. The topological polar surface area (TPSA) is 66.5 Å². The Balaban J connectivity index is 1.36. The number of fused-ring (bicyclic) bond motifs is 2. The van der Waals surface area contributed by atoms with E-state index in [1.807, 2.05) is 0 Å². The van der Waals surface area contributed by atoms with E-state index in [2.05, 4.69) is 5.32 Å². The molecule has 132 valence electrons. The van der Waals surface area contributed by atoms with Gasteiger partial charge >= 0.3 is 0 Å². The number of nitrogens with zero attached hydrogens (tertiary/aromatic N) is 1. The van der Waals surface area contributed by atoms with E-state index in [9.17, 15) is 14.4 Å². The molecule has 2 bridgehead atoms. The van der Waals surface area contributed by atoms with Gasteiger partial charge in [0.1, 0.15) is 0 Å². The minimum Gasteiger partial charge on any atom is -0.326 e. The second kappa shape index (κ2) is 6.62. The molecular formula is C20H24N2O3. The van der Waals surface area contributed by atoms with Gasteiger partial charge in [-0.25, -0.2) is 0 Å². The molecule has 5 heteroatoms. The summed E-state index contributed by atoms with van der Waals surface area (Å²) >= 11 is 0. The molecule has 4 rings (SSSR count). The third-order valence-corrected chi connectivity index (χ3v) is 6.02. The van der Waals surface area contributed by atoms with Crippen LogP contribution in [0.15, 0.2) is 24.3 Å². The fourth-order valence-electron chi connectivity index (χ4n) is 4.81. The molecule has 0 radical (unpaired) electrons. The van der Waals surface area contributed by atoms with E-state index in [-0.39, 0.29) is 17.7 Å². The summed E-state index contributed by atoms with van der Waals surface area (Å²) in [5.74, 6) is 1.90. The van der Waals surface area contributed by atoms with Crippen LogP contribution in [0, 0.1) is 17.8 Å². The molecule has 1 aromatic rings. The van der Waals surface area contributed by atoms with Crippen LogP contribution >= 0.6 is 0 Å². The summed E-state index contributed by atoms with van der Waals surface area (Å²) in [7, 11) is 0. The lowest BCUT2D eigenvalue weighted by Crippen LogP contribution is -2.40. The summed E-state index contributed by atoms with van der Waals surface area (Å²) in [6, 6.07) is 6.99. The Bertz CT molecular complexity index is 681. The van der Waals surface area contributed by atoms with Gasteiger partial charge in [0.2, 0.25) is 17.7 Å². The molecule has 5 nitrogen and oxygen atoms in total. The van der Waals surface area contributed by atoms with Crippen LogP contribution in [-0.2, 0) is 14.4 Å². The Labute approximate surface area is 147 Å². The lowest BCUT2D eigenvalue weighted by Gasteiger charge is -2.25. The van der Waals surface area contributed by atoms with Gasteiger partial charge < -0.3 is 5.32 Å².